The van der Waals surface area contributed by atoms with Gasteiger partial charge in [-0.3, -0.25) is 0 Å². The highest BCUT2D eigenvalue weighted by Gasteiger charge is 1.95. The number of hydrogen-bond acceptors (Lipinski definition) is 1. The molecular weight excluding hydrogens is 244 g/mol. The summed E-state index contributed by atoms with van der Waals surface area (Å²) in [4.78, 5) is 0. The van der Waals surface area contributed by atoms with Gasteiger partial charge in [0.05, 0.1) is 0 Å². The van der Waals surface area contributed by atoms with Crippen LogP contribution in [0.15, 0.2) is 24.5 Å². The molecule has 0 saturated carbocycles. The topological polar surface area (TPSA) is 15.9 Å². The van der Waals surface area contributed by atoms with Gasteiger partial charge in [-0.1, -0.05) is 64.7 Å². The van der Waals surface area contributed by atoms with E-state index in [4.69, 9.17) is 0 Å². The average Bonchev–Trinajstić information content (AvgIpc) is 2.47. The van der Waals surface area contributed by atoms with E-state index in [0.29, 0.717) is 0 Å². The van der Waals surface area contributed by atoms with Crippen LogP contribution in [0.5, 0.6) is 0 Å². The Hall–Kier alpha value is -1.05. The lowest BCUT2D eigenvalue weighted by Gasteiger charge is -2.05. The van der Waals surface area contributed by atoms with E-state index in [1.54, 1.807) is 0 Å². The van der Waals surface area contributed by atoms with Crippen molar-refractivity contribution in [3.05, 3.63) is 24.5 Å². The van der Waals surface area contributed by atoms with Crippen molar-refractivity contribution in [1.29, 1.82) is 0 Å². The van der Waals surface area contributed by atoms with Crippen LogP contribution in [-0.4, -0.2) is 6.54 Å². The van der Waals surface area contributed by atoms with E-state index in [0.717, 1.165) is 6.54 Å². The minimum absolute atomic E-state index is 1.10. The Balaban J connectivity index is 1.84. The Bertz CT molecular complexity index is 319. The number of aromatic nitrogens is 1. The molecule has 1 heterocycles. The van der Waals surface area contributed by atoms with Gasteiger partial charge >= 0.3 is 0 Å². The molecule has 114 valence electrons. The Morgan fingerprint density at radius 2 is 1.30 bits per heavy atom. The summed E-state index contributed by atoms with van der Waals surface area (Å²) in [5, 5.41) is 3.48. The fourth-order valence-corrected chi connectivity index (χ4v) is 2.46. The maximum Gasteiger partial charge on any atom is 0.170 e. The number of rotatable bonds is 12. The Labute approximate surface area is 125 Å². The number of hydrogen-bond donors (Lipinski definition) is 1. The molecule has 0 amide bonds. The highest BCUT2D eigenvalue weighted by Crippen LogP contribution is 2.10. The number of nitrogens with one attached hydrogen (secondary N) is 1. The summed E-state index contributed by atoms with van der Waals surface area (Å²) in [5.74, 6) is 0. The van der Waals surface area contributed by atoms with Crippen LogP contribution in [0, 0.1) is 0 Å². The third-order valence-corrected chi connectivity index (χ3v) is 3.84. The Morgan fingerprint density at radius 1 is 0.800 bits per heavy atom. The molecule has 1 aromatic heterocycles. The maximum absolute atomic E-state index is 3.48. The molecule has 0 bridgehead atoms. The smallest absolute Gasteiger partial charge is 0.170 e. The molecule has 20 heavy (non-hydrogen) atoms. The molecule has 0 aromatic carbocycles. The maximum atomic E-state index is 3.48. The zero-order valence-electron chi connectivity index (χ0n) is 13.5. The molecule has 0 aliphatic heterocycles. The summed E-state index contributed by atoms with van der Waals surface area (Å²) < 4.78 is 2.06. The van der Waals surface area contributed by atoms with E-state index in [-0.39, 0.29) is 0 Å². The van der Waals surface area contributed by atoms with Gasteiger partial charge in [0.2, 0.25) is 0 Å². The van der Waals surface area contributed by atoms with E-state index >= 15 is 0 Å². The predicted molar refractivity (Wildman–Crippen MR) is 88.0 cm³/mol. The second-order valence-corrected chi connectivity index (χ2v) is 5.86. The van der Waals surface area contributed by atoms with E-state index in [1.807, 2.05) is 7.05 Å². The first-order chi connectivity index (χ1) is 9.83. The summed E-state index contributed by atoms with van der Waals surface area (Å²) in [6.07, 6.45) is 18.2. The molecule has 0 spiro atoms. The first kappa shape index (κ1) is 17.0. The van der Waals surface area contributed by atoms with Crippen molar-refractivity contribution in [1.82, 2.24) is 0 Å². The zero-order valence-corrected chi connectivity index (χ0v) is 13.5. The molecule has 0 aliphatic rings. The van der Waals surface area contributed by atoms with Crippen molar-refractivity contribution < 1.29 is 4.57 Å². The van der Waals surface area contributed by atoms with Crippen LogP contribution in [0.2, 0.25) is 0 Å². The Kier molecular flexibility index (Phi) is 9.99. The molecule has 2 nitrogen and oxygen atoms in total. The minimum Gasteiger partial charge on any atom is -0.385 e. The van der Waals surface area contributed by atoms with Crippen LogP contribution in [0.3, 0.4) is 0 Å². The molecule has 0 unspecified atom stereocenters. The summed E-state index contributed by atoms with van der Waals surface area (Å²) in [6.45, 7) is 3.38. The molecule has 1 aromatic rings. The summed E-state index contributed by atoms with van der Waals surface area (Å²) in [5.41, 5.74) is 1.24. The zero-order chi connectivity index (χ0) is 14.5. The van der Waals surface area contributed by atoms with E-state index in [2.05, 4.69) is 41.3 Å². The largest absolute Gasteiger partial charge is 0.385 e. The third-order valence-electron chi connectivity index (χ3n) is 3.84. The molecule has 1 rings (SSSR count). The van der Waals surface area contributed by atoms with Gasteiger partial charge in [-0.05, 0) is 6.42 Å². The fourth-order valence-electron chi connectivity index (χ4n) is 2.46. The van der Waals surface area contributed by atoms with Gasteiger partial charge in [-0.25, -0.2) is 4.57 Å². The molecular formula is C18H33N2+. The highest BCUT2D eigenvalue weighted by atomic mass is 14.9. The van der Waals surface area contributed by atoms with Crippen LogP contribution < -0.4 is 9.88 Å². The molecule has 0 fully saturated rings. The molecule has 0 saturated heterocycles. The number of unbranched alkanes of at least 4 members (excludes halogenated alkanes) is 9. The van der Waals surface area contributed by atoms with E-state index in [1.165, 1.54) is 69.9 Å². The lowest BCUT2D eigenvalue weighted by molar-refractivity contribution is -0.671. The minimum atomic E-state index is 1.10. The second kappa shape index (κ2) is 11.7. The Morgan fingerprint density at radius 3 is 1.85 bits per heavy atom. The number of pyridine rings is 1. The normalized spacial score (nSPS) is 10.7. The predicted octanol–water partition coefficient (Wildman–Crippen LogP) is 4.84. The molecule has 2 heteroatoms. The molecule has 0 radical (unpaired) electrons. The van der Waals surface area contributed by atoms with Crippen molar-refractivity contribution in [3.63, 3.8) is 0 Å². The van der Waals surface area contributed by atoms with Crippen LogP contribution in [0.25, 0.3) is 0 Å². The first-order valence-corrected chi connectivity index (χ1v) is 8.52. The monoisotopic (exact) mass is 277 g/mol. The molecule has 0 atom stereocenters. The van der Waals surface area contributed by atoms with Crippen molar-refractivity contribution in [2.24, 2.45) is 7.05 Å². The van der Waals surface area contributed by atoms with Crippen LogP contribution in [0.4, 0.5) is 5.69 Å². The van der Waals surface area contributed by atoms with E-state index in [9.17, 15) is 0 Å². The summed E-state index contributed by atoms with van der Waals surface area (Å²) in [6, 6.07) is 4.27. The van der Waals surface area contributed by atoms with Crippen LogP contribution in [-0.2, 0) is 7.05 Å². The molecule has 1 N–H and O–H groups in total. The summed E-state index contributed by atoms with van der Waals surface area (Å²) >= 11 is 0. The van der Waals surface area contributed by atoms with Crippen LogP contribution >= 0.6 is 0 Å². The first-order valence-electron chi connectivity index (χ1n) is 8.52. The second-order valence-electron chi connectivity index (χ2n) is 5.86. The van der Waals surface area contributed by atoms with Gasteiger partial charge < -0.3 is 5.32 Å². The van der Waals surface area contributed by atoms with Gasteiger partial charge in [0.25, 0.3) is 0 Å². The van der Waals surface area contributed by atoms with Gasteiger partial charge in [0.1, 0.15) is 7.05 Å². The van der Waals surface area contributed by atoms with Gasteiger partial charge in [0.15, 0.2) is 12.4 Å². The molecule has 0 aliphatic carbocycles. The standard InChI is InChI=1S/C18H32N2/c1-3-4-5-6-7-8-9-10-11-12-15-19-18-13-16-20(2)17-14-18/h13-14,16-17H,3-12,15H2,1-2H3/p+1. The highest BCUT2D eigenvalue weighted by molar-refractivity contribution is 5.39. The van der Waals surface area contributed by atoms with Crippen LogP contribution in [0.1, 0.15) is 71.1 Å². The van der Waals surface area contributed by atoms with Crippen molar-refractivity contribution in [3.8, 4) is 0 Å². The number of nitrogens with zero attached hydrogens (tertiary/aromatic N) is 1. The number of aryl methyl sites for hydroxylation is 1. The van der Waals surface area contributed by atoms with Crippen molar-refractivity contribution in [2.45, 2.75) is 71.1 Å². The van der Waals surface area contributed by atoms with Gasteiger partial charge in [0, 0.05) is 24.4 Å². The quantitative estimate of drug-likeness (QED) is 0.427. The SMILES string of the molecule is CCCCCCCCCCCCNc1cc[n+](C)cc1. The lowest BCUT2D eigenvalue weighted by atomic mass is 10.1. The van der Waals surface area contributed by atoms with E-state index < -0.39 is 0 Å². The number of anilines is 1. The van der Waals surface area contributed by atoms with Crippen molar-refractivity contribution >= 4 is 5.69 Å². The average molecular weight is 277 g/mol. The summed E-state index contributed by atoms with van der Waals surface area (Å²) in [7, 11) is 2.05. The van der Waals surface area contributed by atoms with Gasteiger partial charge in [-0.15, -0.1) is 0 Å². The lowest BCUT2D eigenvalue weighted by Crippen LogP contribution is -2.25. The fraction of sp³-hybridized carbons (Fsp3) is 0.722. The van der Waals surface area contributed by atoms with Gasteiger partial charge in [-0.2, -0.15) is 0 Å². The third kappa shape index (κ3) is 8.95. The van der Waals surface area contributed by atoms with Crippen molar-refractivity contribution in [2.75, 3.05) is 11.9 Å².